The number of hydrogen-bond donors (Lipinski definition) is 1. The fourth-order valence-corrected chi connectivity index (χ4v) is 1.70. The maximum Gasteiger partial charge on any atom is 0.157 e. The molecule has 0 radical (unpaired) electrons. The van der Waals surface area contributed by atoms with Crippen LogP contribution in [0.25, 0.3) is 0 Å². The van der Waals surface area contributed by atoms with Crippen LogP contribution in [0.1, 0.15) is 6.42 Å². The van der Waals surface area contributed by atoms with Gasteiger partial charge in [0.15, 0.2) is 11.0 Å². The number of halogens is 1. The van der Waals surface area contributed by atoms with Crippen LogP contribution in [0.3, 0.4) is 0 Å². The van der Waals surface area contributed by atoms with E-state index in [1.807, 2.05) is 0 Å². The third kappa shape index (κ3) is 2.30. The number of nitrogens with two attached hydrogens (primary N) is 1. The van der Waals surface area contributed by atoms with E-state index in [0.717, 1.165) is 26.1 Å². The van der Waals surface area contributed by atoms with Crippen LogP contribution >= 0.6 is 11.6 Å². The van der Waals surface area contributed by atoms with E-state index in [1.165, 1.54) is 6.33 Å². The molecule has 0 amide bonds. The maximum absolute atomic E-state index is 5.84. The SMILES string of the molecule is Nc1c(Cl)ncnc1N1CCCOCC1. The molecule has 1 saturated heterocycles. The van der Waals surface area contributed by atoms with Gasteiger partial charge in [-0.05, 0) is 6.42 Å². The van der Waals surface area contributed by atoms with Gasteiger partial charge in [-0.2, -0.15) is 0 Å². The van der Waals surface area contributed by atoms with Gasteiger partial charge in [0, 0.05) is 19.7 Å². The highest BCUT2D eigenvalue weighted by Crippen LogP contribution is 2.26. The minimum atomic E-state index is 0.310. The third-order valence-corrected chi connectivity index (χ3v) is 2.64. The lowest BCUT2D eigenvalue weighted by molar-refractivity contribution is 0.152. The maximum atomic E-state index is 5.84. The highest BCUT2D eigenvalue weighted by molar-refractivity contribution is 6.32. The second kappa shape index (κ2) is 4.63. The van der Waals surface area contributed by atoms with Gasteiger partial charge in [0.2, 0.25) is 0 Å². The predicted octanol–water partition coefficient (Wildman–Crippen LogP) is 0.939. The van der Waals surface area contributed by atoms with Gasteiger partial charge >= 0.3 is 0 Å². The zero-order valence-electron chi connectivity index (χ0n) is 8.32. The van der Waals surface area contributed by atoms with Crippen molar-refractivity contribution in [3.05, 3.63) is 11.5 Å². The molecule has 0 saturated carbocycles. The number of hydrogen-bond acceptors (Lipinski definition) is 5. The Bertz CT molecular complexity index is 339. The quantitative estimate of drug-likeness (QED) is 0.725. The van der Waals surface area contributed by atoms with Gasteiger partial charge in [-0.1, -0.05) is 11.6 Å². The van der Waals surface area contributed by atoms with E-state index in [1.54, 1.807) is 0 Å². The largest absolute Gasteiger partial charge is 0.393 e. The van der Waals surface area contributed by atoms with Crippen LogP contribution in [-0.2, 0) is 4.74 Å². The summed E-state index contributed by atoms with van der Waals surface area (Å²) in [6, 6.07) is 0. The van der Waals surface area contributed by atoms with Crippen LogP contribution in [-0.4, -0.2) is 36.3 Å². The summed E-state index contributed by atoms with van der Waals surface area (Å²) in [6.07, 6.45) is 2.40. The van der Waals surface area contributed by atoms with Crippen LogP contribution < -0.4 is 10.6 Å². The number of nitrogens with zero attached hydrogens (tertiary/aromatic N) is 3. The number of anilines is 2. The van der Waals surface area contributed by atoms with E-state index < -0.39 is 0 Å². The summed E-state index contributed by atoms with van der Waals surface area (Å²) in [4.78, 5) is 10.1. The normalized spacial score (nSPS) is 17.5. The van der Waals surface area contributed by atoms with Gasteiger partial charge in [0.25, 0.3) is 0 Å². The van der Waals surface area contributed by atoms with Crippen molar-refractivity contribution < 1.29 is 4.74 Å². The second-order valence-corrected chi connectivity index (χ2v) is 3.71. The summed E-state index contributed by atoms with van der Waals surface area (Å²) in [6.45, 7) is 3.16. The molecule has 0 bridgehead atoms. The summed E-state index contributed by atoms with van der Waals surface area (Å²) in [5.74, 6) is 0.709. The lowest BCUT2D eigenvalue weighted by atomic mass is 10.3. The van der Waals surface area contributed by atoms with Crippen molar-refractivity contribution in [2.24, 2.45) is 0 Å². The number of ether oxygens (including phenoxy) is 1. The molecule has 5 nitrogen and oxygen atoms in total. The standard InChI is InChI=1S/C9H13ClN4O/c10-8-7(11)9(13-6-12-8)14-2-1-4-15-5-3-14/h6H,1-5,11H2. The van der Waals surface area contributed by atoms with Gasteiger partial charge in [0.1, 0.15) is 12.0 Å². The van der Waals surface area contributed by atoms with E-state index in [0.29, 0.717) is 23.3 Å². The van der Waals surface area contributed by atoms with E-state index in [4.69, 9.17) is 22.1 Å². The average molecular weight is 229 g/mol. The molecular formula is C9H13ClN4O. The summed E-state index contributed by atoms with van der Waals surface area (Å²) < 4.78 is 5.36. The van der Waals surface area contributed by atoms with Crippen LogP contribution in [0, 0.1) is 0 Å². The lowest BCUT2D eigenvalue weighted by Gasteiger charge is -2.21. The second-order valence-electron chi connectivity index (χ2n) is 3.35. The first-order valence-electron chi connectivity index (χ1n) is 4.87. The van der Waals surface area contributed by atoms with E-state index in [9.17, 15) is 0 Å². The van der Waals surface area contributed by atoms with Crippen LogP contribution in [0.15, 0.2) is 6.33 Å². The summed E-state index contributed by atoms with van der Waals surface area (Å²) >= 11 is 5.84. The molecule has 15 heavy (non-hydrogen) atoms. The summed E-state index contributed by atoms with van der Waals surface area (Å²) in [5, 5.41) is 0.310. The molecule has 0 spiro atoms. The first-order chi connectivity index (χ1) is 7.29. The molecule has 2 heterocycles. The number of nitrogen functional groups attached to an aromatic ring is 1. The highest BCUT2D eigenvalue weighted by atomic mass is 35.5. The molecule has 1 aliphatic rings. The summed E-state index contributed by atoms with van der Waals surface area (Å²) in [5.41, 5.74) is 6.27. The molecule has 2 rings (SSSR count). The number of rotatable bonds is 1. The molecule has 0 aliphatic carbocycles. The number of aromatic nitrogens is 2. The Balaban J connectivity index is 2.23. The Morgan fingerprint density at radius 3 is 3.07 bits per heavy atom. The van der Waals surface area contributed by atoms with Crippen LogP contribution in [0.5, 0.6) is 0 Å². The molecule has 0 unspecified atom stereocenters. The van der Waals surface area contributed by atoms with Crippen LogP contribution in [0.4, 0.5) is 11.5 Å². The molecule has 6 heteroatoms. The predicted molar refractivity (Wildman–Crippen MR) is 59.1 cm³/mol. The molecule has 1 aromatic heterocycles. The van der Waals surface area contributed by atoms with Gasteiger partial charge in [0.05, 0.1) is 6.61 Å². The van der Waals surface area contributed by atoms with Crippen molar-refractivity contribution in [3.63, 3.8) is 0 Å². The molecule has 1 aliphatic heterocycles. The Kier molecular flexibility index (Phi) is 3.23. The molecule has 0 atom stereocenters. The molecular weight excluding hydrogens is 216 g/mol. The van der Waals surface area contributed by atoms with Gasteiger partial charge < -0.3 is 15.4 Å². The van der Waals surface area contributed by atoms with Crippen molar-refractivity contribution in [3.8, 4) is 0 Å². The smallest absolute Gasteiger partial charge is 0.157 e. The Hall–Kier alpha value is -1.07. The van der Waals surface area contributed by atoms with E-state index in [-0.39, 0.29) is 0 Å². The third-order valence-electron chi connectivity index (χ3n) is 2.34. The Morgan fingerprint density at radius 1 is 1.33 bits per heavy atom. The fraction of sp³-hybridized carbons (Fsp3) is 0.556. The lowest BCUT2D eigenvalue weighted by Crippen LogP contribution is -2.27. The monoisotopic (exact) mass is 228 g/mol. The van der Waals surface area contributed by atoms with Crippen molar-refractivity contribution in [1.82, 2.24) is 9.97 Å². The Labute approximate surface area is 93.2 Å². The Morgan fingerprint density at radius 2 is 2.20 bits per heavy atom. The molecule has 0 aromatic carbocycles. The zero-order valence-corrected chi connectivity index (χ0v) is 9.07. The van der Waals surface area contributed by atoms with E-state index in [2.05, 4.69) is 14.9 Å². The summed E-state index contributed by atoms with van der Waals surface area (Å²) in [7, 11) is 0. The first kappa shape index (κ1) is 10.4. The van der Waals surface area contributed by atoms with Crippen molar-refractivity contribution in [2.75, 3.05) is 36.9 Å². The fourth-order valence-electron chi connectivity index (χ4n) is 1.58. The average Bonchev–Trinajstić information content (AvgIpc) is 2.50. The van der Waals surface area contributed by atoms with Crippen molar-refractivity contribution >= 4 is 23.1 Å². The topological polar surface area (TPSA) is 64.3 Å². The minimum Gasteiger partial charge on any atom is -0.393 e. The highest BCUT2D eigenvalue weighted by Gasteiger charge is 2.15. The van der Waals surface area contributed by atoms with E-state index >= 15 is 0 Å². The molecule has 82 valence electrons. The van der Waals surface area contributed by atoms with Crippen LogP contribution in [0.2, 0.25) is 5.15 Å². The van der Waals surface area contributed by atoms with Crippen molar-refractivity contribution in [1.29, 1.82) is 0 Å². The van der Waals surface area contributed by atoms with Gasteiger partial charge in [-0.3, -0.25) is 0 Å². The van der Waals surface area contributed by atoms with Gasteiger partial charge in [-0.15, -0.1) is 0 Å². The molecule has 1 aromatic rings. The minimum absolute atomic E-state index is 0.310. The van der Waals surface area contributed by atoms with Crippen molar-refractivity contribution in [2.45, 2.75) is 6.42 Å². The first-order valence-corrected chi connectivity index (χ1v) is 5.25. The zero-order chi connectivity index (χ0) is 10.7. The molecule has 2 N–H and O–H groups in total. The molecule has 1 fully saturated rings. The van der Waals surface area contributed by atoms with Gasteiger partial charge in [-0.25, -0.2) is 9.97 Å².